The van der Waals surface area contributed by atoms with E-state index in [0.29, 0.717) is 27.8 Å². The van der Waals surface area contributed by atoms with Crippen LogP contribution in [0.5, 0.6) is 5.75 Å². The van der Waals surface area contributed by atoms with Crippen LogP contribution in [0.3, 0.4) is 0 Å². The number of fused-ring (bicyclic) bond motifs is 1. The van der Waals surface area contributed by atoms with E-state index in [1.165, 1.54) is 6.33 Å². The molecule has 1 N–H and O–H groups in total. The van der Waals surface area contributed by atoms with Gasteiger partial charge in [0.15, 0.2) is 6.61 Å². The van der Waals surface area contributed by atoms with Gasteiger partial charge in [-0.3, -0.25) is 9.59 Å². The van der Waals surface area contributed by atoms with Crippen molar-refractivity contribution in [2.45, 2.75) is 20.3 Å². The summed E-state index contributed by atoms with van der Waals surface area (Å²) in [6.45, 7) is 3.81. The summed E-state index contributed by atoms with van der Waals surface area (Å²) in [5.41, 5.74) is 2.12. The summed E-state index contributed by atoms with van der Waals surface area (Å²) in [6, 6.07) is 6.91. The van der Waals surface area contributed by atoms with Crippen LogP contribution in [0.2, 0.25) is 5.02 Å². The maximum atomic E-state index is 12.1. The van der Waals surface area contributed by atoms with Gasteiger partial charge in [0, 0.05) is 22.0 Å². The van der Waals surface area contributed by atoms with Gasteiger partial charge in [0.25, 0.3) is 11.7 Å². The van der Waals surface area contributed by atoms with E-state index in [-0.39, 0.29) is 26.2 Å². The smallest absolute Gasteiger partial charge is 0.310 e. The third-order valence-corrected chi connectivity index (χ3v) is 4.43. The summed E-state index contributed by atoms with van der Waals surface area (Å²) in [4.78, 5) is 32.3. The molecule has 0 saturated carbocycles. The monoisotopic (exact) mass is 417 g/mol. The van der Waals surface area contributed by atoms with Crippen LogP contribution in [0, 0.1) is 13.8 Å². The van der Waals surface area contributed by atoms with Crippen molar-refractivity contribution in [2.24, 2.45) is 0 Å². The van der Waals surface area contributed by atoms with Crippen molar-refractivity contribution in [1.29, 1.82) is 0 Å². The number of hydrogen-bond donors (Lipinski definition) is 1. The Morgan fingerprint density at radius 3 is 2.72 bits per heavy atom. The van der Waals surface area contributed by atoms with Gasteiger partial charge in [-0.1, -0.05) is 11.6 Å². The molecule has 0 aliphatic rings. The standard InChI is InChI=1S/C19H20ClN5O4/c1-12-16(13(2)25-19(24-12)22-11-23-25)9-18(27)29-10-17(26)21-7-8-28-15-5-3-14(20)4-6-15/h3-6,11H,7-10H2,1-2H3,(H,21,26). The molecule has 1 aromatic carbocycles. The number of carbonyl (C=O) groups excluding carboxylic acids is 2. The summed E-state index contributed by atoms with van der Waals surface area (Å²) in [6.07, 6.45) is 1.39. The third kappa shape index (κ3) is 5.41. The molecule has 0 unspecified atom stereocenters. The van der Waals surface area contributed by atoms with Crippen molar-refractivity contribution in [2.75, 3.05) is 19.8 Å². The number of esters is 1. The molecule has 0 radical (unpaired) electrons. The highest BCUT2D eigenvalue weighted by atomic mass is 35.5. The van der Waals surface area contributed by atoms with Crippen molar-refractivity contribution in [3.8, 4) is 5.75 Å². The molecular formula is C19H20ClN5O4. The number of amides is 1. The Morgan fingerprint density at radius 1 is 1.21 bits per heavy atom. The predicted molar refractivity (Wildman–Crippen MR) is 105 cm³/mol. The molecule has 0 atom stereocenters. The zero-order chi connectivity index (χ0) is 20.8. The molecule has 3 aromatic rings. The molecule has 0 spiro atoms. The van der Waals surface area contributed by atoms with E-state index in [1.807, 2.05) is 6.92 Å². The maximum absolute atomic E-state index is 12.1. The highest BCUT2D eigenvalue weighted by molar-refractivity contribution is 6.30. The van der Waals surface area contributed by atoms with Gasteiger partial charge in [-0.15, -0.1) is 0 Å². The van der Waals surface area contributed by atoms with Crippen LogP contribution in [0.25, 0.3) is 5.78 Å². The van der Waals surface area contributed by atoms with E-state index >= 15 is 0 Å². The van der Waals surface area contributed by atoms with Crippen LogP contribution < -0.4 is 10.1 Å². The molecule has 9 nitrogen and oxygen atoms in total. The van der Waals surface area contributed by atoms with E-state index in [4.69, 9.17) is 21.1 Å². The topological polar surface area (TPSA) is 108 Å². The number of nitrogens with one attached hydrogen (secondary N) is 1. The number of benzene rings is 1. The highest BCUT2D eigenvalue weighted by Crippen LogP contribution is 2.15. The first-order chi connectivity index (χ1) is 13.9. The van der Waals surface area contributed by atoms with Crippen LogP contribution in [-0.2, 0) is 20.7 Å². The van der Waals surface area contributed by atoms with Crippen molar-refractivity contribution < 1.29 is 19.1 Å². The van der Waals surface area contributed by atoms with Gasteiger partial charge in [-0.05, 0) is 38.1 Å². The Kier molecular flexibility index (Phi) is 6.61. The average molecular weight is 418 g/mol. The van der Waals surface area contributed by atoms with Crippen LogP contribution in [0.4, 0.5) is 0 Å². The van der Waals surface area contributed by atoms with E-state index in [0.717, 1.165) is 5.69 Å². The van der Waals surface area contributed by atoms with E-state index in [2.05, 4.69) is 20.4 Å². The van der Waals surface area contributed by atoms with Gasteiger partial charge in [-0.25, -0.2) is 9.50 Å². The fourth-order valence-corrected chi connectivity index (χ4v) is 2.82. The lowest BCUT2D eigenvalue weighted by Crippen LogP contribution is -2.32. The normalized spacial score (nSPS) is 10.7. The number of hydrogen-bond acceptors (Lipinski definition) is 7. The fourth-order valence-electron chi connectivity index (χ4n) is 2.69. The van der Waals surface area contributed by atoms with Crippen LogP contribution in [-0.4, -0.2) is 51.2 Å². The molecule has 29 heavy (non-hydrogen) atoms. The minimum atomic E-state index is -0.523. The zero-order valence-electron chi connectivity index (χ0n) is 16.0. The third-order valence-electron chi connectivity index (χ3n) is 4.18. The lowest BCUT2D eigenvalue weighted by atomic mass is 10.1. The predicted octanol–water partition coefficient (Wildman–Crippen LogP) is 1.68. The van der Waals surface area contributed by atoms with E-state index < -0.39 is 11.9 Å². The number of halogens is 1. The molecule has 10 heteroatoms. The molecule has 152 valence electrons. The Hall–Kier alpha value is -3.20. The van der Waals surface area contributed by atoms with E-state index in [9.17, 15) is 9.59 Å². The Bertz CT molecular complexity index is 1020. The number of rotatable bonds is 8. The number of aromatic nitrogens is 4. The van der Waals surface area contributed by atoms with Crippen molar-refractivity contribution >= 4 is 29.3 Å². The first-order valence-corrected chi connectivity index (χ1v) is 9.28. The molecule has 1 amide bonds. The molecule has 0 bridgehead atoms. The van der Waals surface area contributed by atoms with Gasteiger partial charge >= 0.3 is 5.97 Å². The molecule has 2 aromatic heterocycles. The molecule has 3 rings (SSSR count). The van der Waals surface area contributed by atoms with Crippen molar-refractivity contribution in [1.82, 2.24) is 24.9 Å². The molecule has 0 fully saturated rings. The minimum absolute atomic E-state index is 0.00652. The summed E-state index contributed by atoms with van der Waals surface area (Å²) in [5.74, 6) is 0.192. The lowest BCUT2D eigenvalue weighted by molar-refractivity contribution is -0.147. The molecular weight excluding hydrogens is 398 g/mol. The first-order valence-electron chi connectivity index (χ1n) is 8.90. The fraction of sp³-hybridized carbons (Fsp3) is 0.316. The van der Waals surface area contributed by atoms with Crippen LogP contribution >= 0.6 is 11.6 Å². The maximum Gasteiger partial charge on any atom is 0.310 e. The summed E-state index contributed by atoms with van der Waals surface area (Å²) in [5, 5.41) is 7.32. The summed E-state index contributed by atoms with van der Waals surface area (Å²) < 4.78 is 12.1. The Labute approximate surface area is 172 Å². The molecule has 0 saturated heterocycles. The first kappa shape index (κ1) is 20.5. The van der Waals surface area contributed by atoms with Crippen LogP contribution in [0.15, 0.2) is 30.6 Å². The van der Waals surface area contributed by atoms with Gasteiger partial charge in [0.05, 0.1) is 13.0 Å². The lowest BCUT2D eigenvalue weighted by Gasteiger charge is -2.11. The Morgan fingerprint density at radius 2 is 1.97 bits per heavy atom. The number of carbonyl (C=O) groups is 2. The zero-order valence-corrected chi connectivity index (χ0v) is 16.8. The van der Waals surface area contributed by atoms with Gasteiger partial charge in [-0.2, -0.15) is 10.1 Å². The second-order valence-electron chi connectivity index (χ2n) is 6.22. The SMILES string of the molecule is Cc1nc2ncnn2c(C)c1CC(=O)OCC(=O)NCCOc1ccc(Cl)cc1. The minimum Gasteiger partial charge on any atom is -0.492 e. The van der Waals surface area contributed by atoms with E-state index in [1.54, 1.807) is 35.7 Å². The van der Waals surface area contributed by atoms with Crippen molar-refractivity contribution in [3.05, 3.63) is 52.6 Å². The number of nitrogens with zero attached hydrogens (tertiary/aromatic N) is 4. The summed E-state index contributed by atoms with van der Waals surface area (Å²) >= 11 is 5.80. The number of aryl methyl sites for hydroxylation is 2. The number of ether oxygens (including phenoxy) is 2. The highest BCUT2D eigenvalue weighted by Gasteiger charge is 2.16. The second-order valence-corrected chi connectivity index (χ2v) is 6.66. The molecule has 2 heterocycles. The van der Waals surface area contributed by atoms with Gasteiger partial charge in [0.2, 0.25) is 0 Å². The quantitative estimate of drug-likeness (QED) is 0.438. The Balaban J connectivity index is 1.41. The van der Waals surface area contributed by atoms with Crippen molar-refractivity contribution in [3.63, 3.8) is 0 Å². The summed E-state index contributed by atoms with van der Waals surface area (Å²) in [7, 11) is 0. The van der Waals surface area contributed by atoms with Crippen LogP contribution in [0.1, 0.15) is 17.0 Å². The average Bonchev–Trinajstić information content (AvgIpc) is 3.17. The molecule has 0 aliphatic carbocycles. The van der Waals surface area contributed by atoms with Gasteiger partial charge in [0.1, 0.15) is 18.7 Å². The van der Waals surface area contributed by atoms with Gasteiger partial charge < -0.3 is 14.8 Å². The molecule has 0 aliphatic heterocycles. The largest absolute Gasteiger partial charge is 0.492 e. The second kappa shape index (κ2) is 9.33.